The first-order valence-corrected chi connectivity index (χ1v) is 11.2. The van der Waals surface area contributed by atoms with Gasteiger partial charge in [-0.15, -0.1) is 11.8 Å². The molecule has 2 aliphatic rings. The zero-order valence-electron chi connectivity index (χ0n) is 18.0. The van der Waals surface area contributed by atoms with E-state index in [2.05, 4.69) is 30.0 Å². The summed E-state index contributed by atoms with van der Waals surface area (Å²) in [5, 5.41) is 21.0. The highest BCUT2D eigenvalue weighted by molar-refractivity contribution is 8.00. The molecule has 0 bridgehead atoms. The van der Waals surface area contributed by atoms with Gasteiger partial charge in [-0.1, -0.05) is 10.3 Å². The van der Waals surface area contributed by atoms with E-state index in [1.54, 1.807) is 24.4 Å². The quantitative estimate of drug-likeness (QED) is 0.160. The summed E-state index contributed by atoms with van der Waals surface area (Å²) in [6.07, 6.45) is 3.33. The smallest absolute Gasteiger partial charge is 0.319 e. The number of nitrogens with two attached hydrogens (primary N) is 1. The van der Waals surface area contributed by atoms with Crippen molar-refractivity contribution in [1.29, 1.82) is 0 Å². The number of thioether (sulfide) groups is 1. The van der Waals surface area contributed by atoms with Crippen molar-refractivity contribution < 1.29 is 37.8 Å². The number of oxime groups is 1. The average Bonchev–Trinajstić information content (AvgIpc) is 3.49. The Bertz CT molecular complexity index is 1410. The number of fused-ring (bicyclic) bond motifs is 2. The highest BCUT2D eigenvalue weighted by Crippen LogP contribution is 2.40. The van der Waals surface area contributed by atoms with Crippen LogP contribution in [0.3, 0.4) is 0 Å². The second-order valence-corrected chi connectivity index (χ2v) is 8.59. The van der Waals surface area contributed by atoms with Crippen LogP contribution in [0.4, 0.5) is 6.01 Å². The molecule has 0 aromatic carbocycles. The van der Waals surface area contributed by atoms with E-state index in [-0.39, 0.29) is 29.8 Å². The van der Waals surface area contributed by atoms with Crippen LogP contribution in [0.2, 0.25) is 0 Å². The Morgan fingerprint density at radius 1 is 1.46 bits per heavy atom. The molecular weight excluding hydrogens is 482 g/mol. The first-order chi connectivity index (χ1) is 16.9. The number of anilines is 1. The molecular formula is C20H17N7O7S. The van der Waals surface area contributed by atoms with E-state index in [0.29, 0.717) is 16.9 Å². The van der Waals surface area contributed by atoms with Crippen molar-refractivity contribution in [1.82, 2.24) is 20.4 Å². The molecule has 2 amide bonds. The van der Waals surface area contributed by atoms with Crippen LogP contribution in [0.15, 0.2) is 56.0 Å². The highest BCUT2D eigenvalue weighted by Gasteiger charge is 2.53. The van der Waals surface area contributed by atoms with Gasteiger partial charge < -0.3 is 34.7 Å². The Kier molecular flexibility index (Phi) is 5.60. The number of aliphatic carboxylic acids is 1. The van der Waals surface area contributed by atoms with Crippen molar-refractivity contribution >= 4 is 52.4 Å². The van der Waals surface area contributed by atoms with E-state index in [9.17, 15) is 19.5 Å². The largest absolute Gasteiger partial charge is 0.543 e. The van der Waals surface area contributed by atoms with Crippen LogP contribution in [0.25, 0.3) is 11.1 Å². The highest BCUT2D eigenvalue weighted by atomic mass is 32.2. The number of pyridine rings is 1. The van der Waals surface area contributed by atoms with Gasteiger partial charge in [0.15, 0.2) is 18.3 Å². The molecule has 14 nitrogen and oxygen atoms in total. The van der Waals surface area contributed by atoms with Gasteiger partial charge in [0.05, 0.1) is 17.9 Å². The van der Waals surface area contributed by atoms with Crippen LogP contribution in [0, 0.1) is 0 Å². The zero-order valence-corrected chi connectivity index (χ0v) is 18.9. The number of carboxylic acids is 1. The molecule has 1 saturated heterocycles. The topological polar surface area (TPSA) is 193 Å². The van der Waals surface area contributed by atoms with Gasteiger partial charge in [0, 0.05) is 23.5 Å². The zero-order chi connectivity index (χ0) is 24.7. The van der Waals surface area contributed by atoms with Crippen LogP contribution >= 0.6 is 11.8 Å². The third-order valence-corrected chi connectivity index (χ3v) is 6.78. The monoisotopic (exact) mass is 499 g/mol. The van der Waals surface area contributed by atoms with Crippen molar-refractivity contribution in [2.45, 2.75) is 18.0 Å². The molecule has 0 aliphatic carbocycles. The number of carbonyl (C=O) groups excluding carboxylic acids is 3. The molecule has 3 N–H and O–H groups in total. The Balaban J connectivity index is 1.38. The van der Waals surface area contributed by atoms with E-state index < -0.39 is 29.2 Å². The molecule has 35 heavy (non-hydrogen) atoms. The molecule has 15 heteroatoms. The Morgan fingerprint density at radius 3 is 3.00 bits per heavy atom. The number of hydrogen-bond donors (Lipinski definition) is 2. The van der Waals surface area contributed by atoms with Gasteiger partial charge in [0.2, 0.25) is 11.5 Å². The molecule has 1 fully saturated rings. The molecule has 5 rings (SSSR count). The summed E-state index contributed by atoms with van der Waals surface area (Å²) >= 11 is 1.31. The van der Waals surface area contributed by atoms with Crippen molar-refractivity contribution in [2.24, 2.45) is 5.16 Å². The molecule has 0 radical (unpaired) electrons. The van der Waals surface area contributed by atoms with E-state index in [1.807, 2.05) is 4.57 Å². The molecule has 2 aliphatic heterocycles. The minimum Gasteiger partial charge on any atom is -0.543 e. The lowest BCUT2D eigenvalue weighted by Gasteiger charge is -2.50. The third-order valence-electron chi connectivity index (χ3n) is 5.44. The Labute approximate surface area is 200 Å². The summed E-state index contributed by atoms with van der Waals surface area (Å²) in [7, 11) is 1.21. The molecule has 0 saturated carbocycles. The van der Waals surface area contributed by atoms with Gasteiger partial charge in [-0.3, -0.25) is 14.5 Å². The SMILES string of the molecule is CON=C(C(=O)NC1C(=O)N2C(C(=O)[O-])=C(C[n+]3cccc4occc43)CS[C@@H]12)c1noc(N)n1. The van der Waals surface area contributed by atoms with Crippen LogP contribution in [0.1, 0.15) is 5.82 Å². The van der Waals surface area contributed by atoms with Crippen LogP contribution < -0.4 is 20.7 Å². The molecule has 180 valence electrons. The van der Waals surface area contributed by atoms with E-state index >= 15 is 0 Å². The normalized spacial score (nSPS) is 20.0. The molecule has 5 heterocycles. The second kappa shape index (κ2) is 8.75. The maximum atomic E-state index is 12.9. The van der Waals surface area contributed by atoms with Gasteiger partial charge in [-0.25, -0.2) is 0 Å². The average molecular weight is 499 g/mol. The van der Waals surface area contributed by atoms with Gasteiger partial charge in [0.1, 0.15) is 18.5 Å². The van der Waals surface area contributed by atoms with Crippen LogP contribution in [-0.2, 0) is 25.8 Å². The summed E-state index contributed by atoms with van der Waals surface area (Å²) in [5.41, 5.74) is 6.73. The first-order valence-electron chi connectivity index (χ1n) is 10.1. The Hall–Kier alpha value is -4.40. The van der Waals surface area contributed by atoms with E-state index in [0.717, 1.165) is 10.4 Å². The lowest BCUT2D eigenvalue weighted by Crippen LogP contribution is -2.71. The van der Waals surface area contributed by atoms with Crippen molar-refractivity contribution in [2.75, 3.05) is 18.6 Å². The third kappa shape index (κ3) is 3.84. The fraction of sp³-hybridized carbons (Fsp3) is 0.250. The van der Waals surface area contributed by atoms with Crippen molar-refractivity contribution in [3.8, 4) is 0 Å². The van der Waals surface area contributed by atoms with Gasteiger partial charge in [-0.2, -0.15) is 9.55 Å². The summed E-state index contributed by atoms with van der Waals surface area (Å²) < 4.78 is 11.9. The number of hydrogen-bond acceptors (Lipinski definition) is 12. The van der Waals surface area contributed by atoms with Gasteiger partial charge >= 0.3 is 6.01 Å². The number of aromatic nitrogens is 3. The summed E-state index contributed by atoms with van der Waals surface area (Å²) in [6, 6.07) is 4.04. The van der Waals surface area contributed by atoms with Crippen molar-refractivity contribution in [3.05, 3.63) is 47.8 Å². The maximum Gasteiger partial charge on any atom is 0.319 e. The standard InChI is InChI=1S/C20H17N7O7S/c1-32-24-12(15-23-20(21)34-25-15)16(28)22-13-17(29)27-14(19(30)31)9(8-35-18(13)27)7-26-5-2-3-11-10(26)4-6-33-11/h2-6,13,18H,7-8H2,1H3,(H3-,21,22,23,25,28,30,31)/t13?,18-/m0/s1. The second-order valence-electron chi connectivity index (χ2n) is 7.49. The number of nitrogens with zero attached hydrogens (tertiary/aromatic N) is 5. The fourth-order valence-corrected chi connectivity index (χ4v) is 5.28. The van der Waals surface area contributed by atoms with Crippen LogP contribution in [-0.4, -0.2) is 62.8 Å². The molecule has 3 aromatic rings. The summed E-state index contributed by atoms with van der Waals surface area (Å²) in [6.45, 7) is 0.213. The molecule has 2 atom stereocenters. The summed E-state index contributed by atoms with van der Waals surface area (Å²) in [5.74, 6) is -2.84. The number of carbonyl (C=O) groups is 3. The predicted molar refractivity (Wildman–Crippen MR) is 116 cm³/mol. The van der Waals surface area contributed by atoms with Crippen LogP contribution in [0.5, 0.6) is 0 Å². The van der Waals surface area contributed by atoms with Gasteiger partial charge in [-0.05, 0) is 6.07 Å². The number of amides is 2. The minimum absolute atomic E-state index is 0.213. The predicted octanol–water partition coefficient (Wildman–Crippen LogP) is -1.86. The number of β-lactam (4-membered cyclic amide) rings is 1. The first kappa shape index (κ1) is 22.4. The fourth-order valence-electron chi connectivity index (χ4n) is 3.94. The minimum atomic E-state index is -1.48. The van der Waals surface area contributed by atoms with Gasteiger partial charge in [0.25, 0.3) is 17.3 Å². The molecule has 0 spiro atoms. The number of nitrogens with one attached hydrogen (secondary N) is 1. The van der Waals surface area contributed by atoms with E-state index in [4.69, 9.17) is 10.2 Å². The van der Waals surface area contributed by atoms with Crippen molar-refractivity contribution in [3.63, 3.8) is 0 Å². The summed E-state index contributed by atoms with van der Waals surface area (Å²) in [4.78, 5) is 47.3. The molecule has 3 aromatic heterocycles. The molecule has 1 unspecified atom stereocenters. The number of carboxylic acid groups (broad SMARTS) is 1. The Morgan fingerprint density at radius 2 is 2.29 bits per heavy atom. The van der Waals surface area contributed by atoms with E-state index in [1.165, 1.54) is 25.1 Å². The lowest BCUT2D eigenvalue weighted by molar-refractivity contribution is -0.663. The number of furan rings is 1. The number of nitrogen functional groups attached to an aromatic ring is 1. The lowest BCUT2D eigenvalue weighted by atomic mass is 10.0. The maximum absolute atomic E-state index is 12.9. The number of rotatable bonds is 7.